The van der Waals surface area contributed by atoms with Crippen LogP contribution in [-0.2, 0) is 16.2 Å². The number of barbiturate groups is 1. The van der Waals surface area contributed by atoms with Crippen molar-refractivity contribution in [1.29, 1.82) is 0 Å². The Morgan fingerprint density at radius 1 is 1.20 bits per heavy atom. The number of methoxy groups -OCH3 is 1. The van der Waals surface area contributed by atoms with Gasteiger partial charge in [0, 0.05) is 6.04 Å². The van der Waals surface area contributed by atoms with Crippen molar-refractivity contribution in [1.82, 2.24) is 10.2 Å². The minimum absolute atomic E-state index is 0.0387. The molecule has 4 rings (SSSR count). The Balaban J connectivity index is 1.59. The van der Waals surface area contributed by atoms with E-state index in [0.717, 1.165) is 17.7 Å². The number of carboxylic acids is 1. The fourth-order valence-corrected chi connectivity index (χ4v) is 4.52. The third-order valence-electron chi connectivity index (χ3n) is 5.94. The van der Waals surface area contributed by atoms with Gasteiger partial charge in [0.2, 0.25) is 0 Å². The van der Waals surface area contributed by atoms with Crippen LogP contribution in [0.5, 0.6) is 11.5 Å². The zero-order chi connectivity index (χ0) is 25.1. The SMILES string of the molecule is COc1cc(/C=C2\C(=O)NC(=O)N(C3CCCC3)C2=O)cc(Cl)c1OCc1cccc(C(=O)O)c1. The molecule has 0 unspecified atom stereocenters. The average molecular weight is 499 g/mol. The van der Waals surface area contributed by atoms with E-state index in [2.05, 4.69) is 5.32 Å². The van der Waals surface area contributed by atoms with Crippen LogP contribution in [0.3, 0.4) is 0 Å². The minimum Gasteiger partial charge on any atom is -0.493 e. The summed E-state index contributed by atoms with van der Waals surface area (Å²) in [7, 11) is 1.42. The number of urea groups is 1. The summed E-state index contributed by atoms with van der Waals surface area (Å²) in [6.07, 6.45) is 4.62. The first-order chi connectivity index (χ1) is 16.8. The van der Waals surface area contributed by atoms with Crippen LogP contribution in [0.2, 0.25) is 5.02 Å². The maximum Gasteiger partial charge on any atom is 0.335 e. The van der Waals surface area contributed by atoms with E-state index in [9.17, 15) is 19.2 Å². The number of aromatic carboxylic acids is 1. The molecular weight excluding hydrogens is 476 g/mol. The number of hydrogen-bond acceptors (Lipinski definition) is 6. The van der Waals surface area contributed by atoms with Crippen LogP contribution >= 0.6 is 11.6 Å². The molecule has 2 aromatic carbocycles. The van der Waals surface area contributed by atoms with Crippen LogP contribution < -0.4 is 14.8 Å². The molecule has 35 heavy (non-hydrogen) atoms. The molecule has 2 N–H and O–H groups in total. The Labute approximate surface area is 206 Å². The number of nitrogens with one attached hydrogen (secondary N) is 1. The number of rotatable bonds is 7. The van der Waals surface area contributed by atoms with Gasteiger partial charge >= 0.3 is 12.0 Å². The zero-order valence-corrected chi connectivity index (χ0v) is 19.6. The standard InChI is InChI=1S/C25H23ClN2O7/c1-34-20-12-15(10-18-22(29)27-25(33)28(23(18)30)17-7-2-3-8-17)11-19(26)21(20)35-13-14-5-4-6-16(9-14)24(31)32/h4-6,9-12,17H,2-3,7-8,13H2,1H3,(H,31,32)(H,27,29,33)/b18-10+. The van der Waals surface area contributed by atoms with Crippen molar-refractivity contribution < 1.29 is 33.8 Å². The van der Waals surface area contributed by atoms with Crippen LogP contribution in [0.1, 0.15) is 47.2 Å². The van der Waals surface area contributed by atoms with E-state index in [4.69, 9.17) is 26.2 Å². The first-order valence-corrected chi connectivity index (χ1v) is 11.4. The molecule has 0 spiro atoms. The molecule has 0 bridgehead atoms. The summed E-state index contributed by atoms with van der Waals surface area (Å²) in [5.74, 6) is -1.98. The number of carboxylic acid groups (broad SMARTS) is 1. The Morgan fingerprint density at radius 2 is 1.94 bits per heavy atom. The number of imide groups is 2. The monoisotopic (exact) mass is 498 g/mol. The van der Waals surface area contributed by atoms with Crippen LogP contribution in [0.25, 0.3) is 6.08 Å². The van der Waals surface area contributed by atoms with Crippen LogP contribution in [0, 0.1) is 0 Å². The van der Waals surface area contributed by atoms with Gasteiger partial charge in [-0.1, -0.05) is 36.6 Å². The maximum absolute atomic E-state index is 13.0. The molecule has 2 aliphatic rings. The zero-order valence-electron chi connectivity index (χ0n) is 18.9. The topological polar surface area (TPSA) is 122 Å². The van der Waals surface area contributed by atoms with Crippen molar-refractivity contribution in [3.05, 3.63) is 63.7 Å². The largest absolute Gasteiger partial charge is 0.493 e. The van der Waals surface area contributed by atoms with Gasteiger partial charge in [-0.05, 0) is 54.3 Å². The van der Waals surface area contributed by atoms with Gasteiger partial charge in [-0.15, -0.1) is 0 Å². The Hall–Kier alpha value is -3.85. The average Bonchev–Trinajstić information content (AvgIpc) is 3.35. The van der Waals surface area contributed by atoms with Crippen molar-refractivity contribution in [2.75, 3.05) is 7.11 Å². The quantitative estimate of drug-likeness (QED) is 0.436. The second-order valence-corrected chi connectivity index (χ2v) is 8.67. The van der Waals surface area contributed by atoms with Gasteiger partial charge in [0.05, 0.1) is 17.7 Å². The number of nitrogens with zero attached hydrogens (tertiary/aromatic N) is 1. The number of hydrogen-bond donors (Lipinski definition) is 2. The minimum atomic E-state index is -1.05. The highest BCUT2D eigenvalue weighted by atomic mass is 35.5. The first kappa shape index (κ1) is 24.3. The first-order valence-electron chi connectivity index (χ1n) is 11.0. The van der Waals surface area contributed by atoms with Gasteiger partial charge in [0.1, 0.15) is 12.2 Å². The molecule has 1 aliphatic heterocycles. The van der Waals surface area contributed by atoms with Crippen LogP contribution in [-0.4, -0.2) is 47.0 Å². The van der Waals surface area contributed by atoms with Crippen molar-refractivity contribution in [2.45, 2.75) is 38.3 Å². The highest BCUT2D eigenvalue weighted by Gasteiger charge is 2.40. The predicted molar refractivity (Wildman–Crippen MR) is 126 cm³/mol. The molecular formula is C25H23ClN2O7. The maximum atomic E-state index is 13.0. The second kappa shape index (κ2) is 10.2. The van der Waals surface area contributed by atoms with Crippen LogP contribution in [0.15, 0.2) is 42.0 Å². The molecule has 4 amide bonds. The molecule has 1 saturated carbocycles. The third kappa shape index (κ3) is 5.14. The summed E-state index contributed by atoms with van der Waals surface area (Å²) in [4.78, 5) is 50.1. The van der Waals surface area contributed by atoms with E-state index in [1.807, 2.05) is 0 Å². The lowest BCUT2D eigenvalue weighted by molar-refractivity contribution is -0.131. The van der Waals surface area contributed by atoms with Crippen molar-refractivity contribution in [2.24, 2.45) is 0 Å². The Morgan fingerprint density at radius 3 is 2.63 bits per heavy atom. The molecule has 1 saturated heterocycles. The molecule has 0 aromatic heterocycles. The van der Waals surface area contributed by atoms with Crippen LogP contribution in [0.4, 0.5) is 4.79 Å². The summed E-state index contributed by atoms with van der Waals surface area (Å²) in [5, 5.41) is 11.6. The molecule has 2 aromatic rings. The highest BCUT2D eigenvalue weighted by molar-refractivity contribution is 6.33. The van der Waals surface area contributed by atoms with Crippen molar-refractivity contribution in [3.8, 4) is 11.5 Å². The summed E-state index contributed by atoms with van der Waals surface area (Å²) >= 11 is 6.43. The molecule has 0 radical (unpaired) electrons. The van der Waals surface area contributed by atoms with Gasteiger partial charge in [-0.25, -0.2) is 9.59 Å². The summed E-state index contributed by atoms with van der Waals surface area (Å²) < 4.78 is 11.2. The lowest BCUT2D eigenvalue weighted by Crippen LogP contribution is -2.57. The lowest BCUT2D eigenvalue weighted by Gasteiger charge is -2.31. The highest BCUT2D eigenvalue weighted by Crippen LogP contribution is 2.38. The Kier molecular flexibility index (Phi) is 7.07. The van der Waals surface area contributed by atoms with Gasteiger partial charge in [0.15, 0.2) is 11.5 Å². The van der Waals surface area contributed by atoms with Crippen molar-refractivity contribution in [3.63, 3.8) is 0 Å². The lowest BCUT2D eigenvalue weighted by atomic mass is 10.0. The molecule has 1 heterocycles. The normalized spacial score (nSPS) is 17.6. The second-order valence-electron chi connectivity index (χ2n) is 8.26. The van der Waals surface area contributed by atoms with Gasteiger partial charge in [-0.3, -0.25) is 19.8 Å². The number of carbonyl (C=O) groups is 4. The number of benzene rings is 2. The van der Waals surface area contributed by atoms with E-state index in [-0.39, 0.29) is 40.3 Å². The third-order valence-corrected chi connectivity index (χ3v) is 6.22. The smallest absolute Gasteiger partial charge is 0.335 e. The molecule has 1 aliphatic carbocycles. The van der Waals surface area contributed by atoms with Gasteiger partial charge < -0.3 is 14.6 Å². The molecule has 9 nitrogen and oxygen atoms in total. The molecule has 2 fully saturated rings. The Bertz CT molecular complexity index is 1230. The van der Waals surface area contributed by atoms with E-state index < -0.39 is 23.8 Å². The molecule has 182 valence electrons. The summed E-state index contributed by atoms with van der Waals surface area (Å²) in [6.45, 7) is 0.0387. The number of ether oxygens (including phenoxy) is 2. The molecule has 0 atom stereocenters. The summed E-state index contributed by atoms with van der Waals surface area (Å²) in [6, 6.07) is 8.44. The predicted octanol–water partition coefficient (Wildman–Crippen LogP) is 4.03. The van der Waals surface area contributed by atoms with E-state index in [1.165, 1.54) is 31.4 Å². The number of amides is 4. The fourth-order valence-electron chi connectivity index (χ4n) is 4.24. The van der Waals surface area contributed by atoms with E-state index in [1.54, 1.807) is 18.2 Å². The van der Waals surface area contributed by atoms with E-state index in [0.29, 0.717) is 24.0 Å². The van der Waals surface area contributed by atoms with Crippen molar-refractivity contribution >= 4 is 41.5 Å². The van der Waals surface area contributed by atoms with Gasteiger partial charge in [0.25, 0.3) is 11.8 Å². The molecule has 10 heteroatoms. The summed E-state index contributed by atoms with van der Waals surface area (Å²) in [5.41, 5.74) is 0.988. The number of halogens is 1. The number of carbonyl (C=O) groups excluding carboxylic acids is 3. The van der Waals surface area contributed by atoms with E-state index >= 15 is 0 Å². The van der Waals surface area contributed by atoms with Gasteiger partial charge in [-0.2, -0.15) is 0 Å². The fraction of sp³-hybridized carbons (Fsp3) is 0.280.